The summed E-state index contributed by atoms with van der Waals surface area (Å²) in [5.41, 5.74) is 0.954. The van der Waals surface area contributed by atoms with Gasteiger partial charge in [-0.3, -0.25) is 4.79 Å². The van der Waals surface area contributed by atoms with Gasteiger partial charge in [0.25, 0.3) is 0 Å². The SMILES string of the molecule is Cl.O=C(Cc1ccc2c(c1)OCCO2)N[C@H]1CCCNC1. The number of ether oxygens (including phenoxy) is 2. The molecule has 1 aromatic rings. The molecule has 0 radical (unpaired) electrons. The van der Waals surface area contributed by atoms with E-state index in [1.54, 1.807) is 0 Å². The van der Waals surface area contributed by atoms with Gasteiger partial charge in [-0.2, -0.15) is 0 Å². The number of carbonyl (C=O) groups is 1. The molecule has 1 saturated heterocycles. The molecule has 0 bridgehead atoms. The lowest BCUT2D eigenvalue weighted by Gasteiger charge is -2.24. The number of halogens is 1. The Bertz CT molecular complexity index is 490. The van der Waals surface area contributed by atoms with E-state index in [2.05, 4.69) is 10.6 Å². The maximum absolute atomic E-state index is 12.0. The number of amides is 1. The molecule has 2 N–H and O–H groups in total. The molecule has 6 heteroatoms. The Labute approximate surface area is 130 Å². The molecular formula is C15H21ClN2O3. The predicted octanol–water partition coefficient (Wildman–Crippen LogP) is 1.29. The Balaban J connectivity index is 0.00000161. The van der Waals surface area contributed by atoms with Gasteiger partial charge >= 0.3 is 0 Å². The highest BCUT2D eigenvalue weighted by Gasteiger charge is 2.17. The number of nitrogens with one attached hydrogen (secondary N) is 2. The van der Waals surface area contributed by atoms with Crippen LogP contribution in [0.3, 0.4) is 0 Å². The predicted molar refractivity (Wildman–Crippen MR) is 82.4 cm³/mol. The smallest absolute Gasteiger partial charge is 0.224 e. The molecule has 1 atom stereocenters. The van der Waals surface area contributed by atoms with Crippen LogP contribution in [0.4, 0.5) is 0 Å². The van der Waals surface area contributed by atoms with Crippen LogP contribution in [0.1, 0.15) is 18.4 Å². The van der Waals surface area contributed by atoms with E-state index >= 15 is 0 Å². The van der Waals surface area contributed by atoms with Crippen LogP contribution in [0.5, 0.6) is 11.5 Å². The molecule has 1 amide bonds. The fourth-order valence-electron chi connectivity index (χ4n) is 2.64. The van der Waals surface area contributed by atoms with Gasteiger partial charge in [0.15, 0.2) is 11.5 Å². The van der Waals surface area contributed by atoms with Crippen molar-refractivity contribution >= 4 is 18.3 Å². The Hall–Kier alpha value is -1.46. The zero-order chi connectivity index (χ0) is 13.8. The van der Waals surface area contributed by atoms with E-state index in [1.165, 1.54) is 0 Å². The molecule has 0 aromatic heterocycles. The molecular weight excluding hydrogens is 292 g/mol. The average Bonchev–Trinajstić information content (AvgIpc) is 2.48. The summed E-state index contributed by atoms with van der Waals surface area (Å²) in [7, 11) is 0. The lowest BCUT2D eigenvalue weighted by atomic mass is 10.1. The molecule has 1 fully saturated rings. The number of benzene rings is 1. The average molecular weight is 313 g/mol. The first kappa shape index (κ1) is 15.9. The second-order valence-electron chi connectivity index (χ2n) is 5.27. The third kappa shape index (κ3) is 4.25. The van der Waals surface area contributed by atoms with Gasteiger partial charge in [0.1, 0.15) is 13.2 Å². The lowest BCUT2D eigenvalue weighted by molar-refractivity contribution is -0.121. The van der Waals surface area contributed by atoms with Crippen LogP contribution in [0.15, 0.2) is 18.2 Å². The summed E-state index contributed by atoms with van der Waals surface area (Å²) in [4.78, 5) is 12.0. The molecule has 0 unspecified atom stereocenters. The Kier molecular flexibility index (Phi) is 5.70. The summed E-state index contributed by atoms with van der Waals surface area (Å²) < 4.78 is 11.0. The van der Waals surface area contributed by atoms with Crippen molar-refractivity contribution in [2.75, 3.05) is 26.3 Å². The van der Waals surface area contributed by atoms with E-state index in [0.29, 0.717) is 19.6 Å². The van der Waals surface area contributed by atoms with Crippen LogP contribution in [-0.2, 0) is 11.2 Å². The molecule has 2 heterocycles. The molecule has 2 aliphatic rings. The summed E-state index contributed by atoms with van der Waals surface area (Å²) in [6.07, 6.45) is 2.56. The monoisotopic (exact) mass is 312 g/mol. The minimum atomic E-state index is 0. The third-order valence-electron chi connectivity index (χ3n) is 3.63. The molecule has 0 aliphatic carbocycles. The number of fused-ring (bicyclic) bond motifs is 1. The van der Waals surface area contributed by atoms with Crippen molar-refractivity contribution < 1.29 is 14.3 Å². The Morgan fingerprint density at radius 1 is 1.29 bits per heavy atom. The fourth-order valence-corrected chi connectivity index (χ4v) is 2.64. The lowest BCUT2D eigenvalue weighted by Crippen LogP contribution is -2.46. The number of hydrogen-bond donors (Lipinski definition) is 2. The van der Waals surface area contributed by atoms with Gasteiger partial charge in [0.05, 0.1) is 6.42 Å². The zero-order valence-corrected chi connectivity index (χ0v) is 12.7. The van der Waals surface area contributed by atoms with Crippen molar-refractivity contribution in [1.29, 1.82) is 0 Å². The standard InChI is InChI=1S/C15H20N2O3.ClH/c18-15(17-12-2-1-5-16-10-12)9-11-3-4-13-14(8-11)20-7-6-19-13;/h3-4,8,12,16H,1-2,5-7,9-10H2,(H,17,18);1H/t12-;/m0./s1. The van der Waals surface area contributed by atoms with E-state index in [-0.39, 0.29) is 24.4 Å². The van der Waals surface area contributed by atoms with Gasteiger partial charge in [-0.05, 0) is 37.1 Å². The number of hydrogen-bond acceptors (Lipinski definition) is 4. The van der Waals surface area contributed by atoms with Crippen molar-refractivity contribution in [3.05, 3.63) is 23.8 Å². The summed E-state index contributed by atoms with van der Waals surface area (Å²) in [6.45, 7) is 3.07. The first-order chi connectivity index (χ1) is 9.81. The summed E-state index contributed by atoms with van der Waals surface area (Å²) in [5, 5.41) is 6.37. The molecule has 0 saturated carbocycles. The number of carbonyl (C=O) groups excluding carboxylic acids is 1. The number of rotatable bonds is 3. The summed E-state index contributed by atoms with van der Waals surface area (Å²) in [5.74, 6) is 1.56. The zero-order valence-electron chi connectivity index (χ0n) is 11.9. The second kappa shape index (κ2) is 7.52. The summed E-state index contributed by atoms with van der Waals surface area (Å²) >= 11 is 0. The third-order valence-corrected chi connectivity index (χ3v) is 3.63. The van der Waals surface area contributed by atoms with Crippen molar-refractivity contribution in [2.24, 2.45) is 0 Å². The molecule has 0 spiro atoms. The maximum atomic E-state index is 12.0. The van der Waals surface area contributed by atoms with Gasteiger partial charge in [-0.25, -0.2) is 0 Å². The molecule has 1 aromatic carbocycles. The number of piperidine rings is 1. The van der Waals surface area contributed by atoms with Crippen molar-refractivity contribution in [3.63, 3.8) is 0 Å². The minimum absolute atomic E-state index is 0. The van der Waals surface area contributed by atoms with E-state index in [0.717, 1.165) is 43.0 Å². The van der Waals surface area contributed by atoms with E-state index in [1.807, 2.05) is 18.2 Å². The Morgan fingerprint density at radius 3 is 2.86 bits per heavy atom. The molecule has 21 heavy (non-hydrogen) atoms. The van der Waals surface area contributed by atoms with Crippen molar-refractivity contribution in [3.8, 4) is 11.5 Å². The molecule has 116 valence electrons. The summed E-state index contributed by atoms with van der Waals surface area (Å²) in [6, 6.07) is 5.95. The van der Waals surface area contributed by atoms with Gasteiger partial charge < -0.3 is 20.1 Å². The van der Waals surface area contributed by atoms with Crippen LogP contribution in [-0.4, -0.2) is 38.3 Å². The highest BCUT2D eigenvalue weighted by atomic mass is 35.5. The molecule has 5 nitrogen and oxygen atoms in total. The van der Waals surface area contributed by atoms with Crippen LogP contribution >= 0.6 is 12.4 Å². The highest BCUT2D eigenvalue weighted by Crippen LogP contribution is 2.30. The first-order valence-electron chi connectivity index (χ1n) is 7.20. The van der Waals surface area contributed by atoms with Crippen LogP contribution in [0, 0.1) is 0 Å². The van der Waals surface area contributed by atoms with Gasteiger partial charge in [-0.15, -0.1) is 12.4 Å². The Morgan fingerprint density at radius 2 is 2.10 bits per heavy atom. The molecule has 3 rings (SSSR count). The van der Waals surface area contributed by atoms with Crippen molar-refractivity contribution in [1.82, 2.24) is 10.6 Å². The fraction of sp³-hybridized carbons (Fsp3) is 0.533. The largest absolute Gasteiger partial charge is 0.486 e. The van der Waals surface area contributed by atoms with Gasteiger partial charge in [0, 0.05) is 12.6 Å². The van der Waals surface area contributed by atoms with E-state index in [9.17, 15) is 4.79 Å². The van der Waals surface area contributed by atoms with Gasteiger partial charge in [-0.1, -0.05) is 6.07 Å². The van der Waals surface area contributed by atoms with Crippen molar-refractivity contribution in [2.45, 2.75) is 25.3 Å². The van der Waals surface area contributed by atoms with Crippen LogP contribution in [0.25, 0.3) is 0 Å². The van der Waals surface area contributed by atoms with Gasteiger partial charge in [0.2, 0.25) is 5.91 Å². The van der Waals surface area contributed by atoms with E-state index < -0.39 is 0 Å². The first-order valence-corrected chi connectivity index (χ1v) is 7.20. The minimum Gasteiger partial charge on any atom is -0.486 e. The van der Waals surface area contributed by atoms with Crippen LogP contribution < -0.4 is 20.1 Å². The van der Waals surface area contributed by atoms with Crippen LogP contribution in [0.2, 0.25) is 0 Å². The molecule has 2 aliphatic heterocycles. The topological polar surface area (TPSA) is 59.6 Å². The highest BCUT2D eigenvalue weighted by molar-refractivity contribution is 5.85. The normalized spacial score (nSPS) is 20.3. The maximum Gasteiger partial charge on any atom is 0.224 e. The second-order valence-corrected chi connectivity index (χ2v) is 5.27. The quantitative estimate of drug-likeness (QED) is 0.883. The van der Waals surface area contributed by atoms with E-state index in [4.69, 9.17) is 9.47 Å².